The van der Waals surface area contributed by atoms with Crippen LogP contribution >= 0.6 is 0 Å². The van der Waals surface area contributed by atoms with Crippen LogP contribution in [0.5, 0.6) is 0 Å². The average Bonchev–Trinajstić information content (AvgIpc) is 3.39. The molecular weight excluding hydrogens is 391 g/mol. The van der Waals surface area contributed by atoms with E-state index in [0.29, 0.717) is 6.42 Å². The number of para-hydroxylation sites is 1. The highest BCUT2D eigenvalue weighted by molar-refractivity contribution is 6.13. The number of halogens is 3. The summed E-state index contributed by atoms with van der Waals surface area (Å²) in [4.78, 5) is 40.4. The Morgan fingerprint density at radius 2 is 1.66 bits per heavy atom. The lowest BCUT2D eigenvalue weighted by Gasteiger charge is -2.33. The second-order valence-corrected chi connectivity index (χ2v) is 7.54. The summed E-state index contributed by atoms with van der Waals surface area (Å²) < 4.78 is 31.7. The molecule has 4 rings (SSSR count). The van der Waals surface area contributed by atoms with Crippen molar-refractivity contribution in [3.8, 4) is 0 Å². The molecule has 1 saturated carbocycles. The molecule has 2 amide bonds. The van der Waals surface area contributed by atoms with Crippen LogP contribution in [0.25, 0.3) is 0 Å². The van der Waals surface area contributed by atoms with E-state index in [-0.39, 0.29) is 17.7 Å². The number of benzene rings is 1. The molecule has 1 saturated heterocycles. The number of hydrogen-bond donors (Lipinski definition) is 1. The maximum absolute atomic E-state index is 12.8. The molecule has 7 nitrogen and oxygen atoms in total. The minimum atomic E-state index is -5.08. The maximum atomic E-state index is 12.8. The molecule has 1 aromatic carbocycles. The van der Waals surface area contributed by atoms with Crippen LogP contribution in [0.2, 0.25) is 0 Å². The second kappa shape index (κ2) is 7.33. The molecule has 29 heavy (non-hydrogen) atoms. The van der Waals surface area contributed by atoms with Crippen LogP contribution in [0.4, 0.5) is 18.9 Å². The lowest BCUT2D eigenvalue weighted by molar-refractivity contribution is -0.192. The number of nitrogens with zero attached hydrogens (tertiary/aromatic N) is 3. The molecule has 2 aliphatic heterocycles. The molecule has 1 aromatic rings. The minimum Gasteiger partial charge on any atom is -0.475 e. The van der Waals surface area contributed by atoms with E-state index in [0.717, 1.165) is 37.4 Å². The van der Waals surface area contributed by atoms with E-state index >= 15 is 0 Å². The first-order valence-corrected chi connectivity index (χ1v) is 9.15. The summed E-state index contributed by atoms with van der Waals surface area (Å²) in [7, 11) is 3.89. The van der Waals surface area contributed by atoms with Crippen LogP contribution in [-0.4, -0.2) is 79.1 Å². The minimum absolute atomic E-state index is 0.0844. The van der Waals surface area contributed by atoms with Crippen molar-refractivity contribution < 1.29 is 32.7 Å². The number of carboxylic acid groups (broad SMARTS) is 1. The van der Waals surface area contributed by atoms with Crippen molar-refractivity contribution in [1.29, 1.82) is 0 Å². The van der Waals surface area contributed by atoms with Crippen molar-refractivity contribution in [3.05, 3.63) is 29.8 Å². The number of carboxylic acids is 1. The molecule has 158 valence electrons. The zero-order valence-corrected chi connectivity index (χ0v) is 16.1. The molecule has 3 aliphatic rings. The monoisotopic (exact) mass is 413 g/mol. The Morgan fingerprint density at radius 1 is 1.10 bits per heavy atom. The first-order valence-electron chi connectivity index (χ1n) is 9.15. The van der Waals surface area contributed by atoms with Gasteiger partial charge >= 0.3 is 12.1 Å². The van der Waals surface area contributed by atoms with E-state index < -0.39 is 17.6 Å². The number of aliphatic carboxylic acids is 1. The Bertz CT molecular complexity index is 836. The zero-order chi connectivity index (χ0) is 21.6. The fourth-order valence-electron chi connectivity index (χ4n) is 4.01. The highest BCUT2D eigenvalue weighted by atomic mass is 19.4. The summed E-state index contributed by atoms with van der Waals surface area (Å²) in [5, 5.41) is 7.12. The van der Waals surface area contributed by atoms with Gasteiger partial charge in [0.2, 0.25) is 11.8 Å². The SMILES string of the molecule is CN1CCN(C(=O)C2CC23C(=O)N(C)c2ccccc23)CC1.O=C(O)C(F)(F)F. The lowest BCUT2D eigenvalue weighted by atomic mass is 9.94. The van der Waals surface area contributed by atoms with Crippen LogP contribution in [0.3, 0.4) is 0 Å². The third-order valence-electron chi connectivity index (χ3n) is 5.75. The molecule has 2 unspecified atom stereocenters. The van der Waals surface area contributed by atoms with Crippen molar-refractivity contribution in [2.24, 2.45) is 5.92 Å². The maximum Gasteiger partial charge on any atom is 0.490 e. The Kier molecular flexibility index (Phi) is 5.33. The lowest BCUT2D eigenvalue weighted by Crippen LogP contribution is -2.48. The summed E-state index contributed by atoms with van der Waals surface area (Å²) in [6.45, 7) is 3.37. The number of alkyl halides is 3. The fourth-order valence-corrected chi connectivity index (χ4v) is 4.01. The smallest absolute Gasteiger partial charge is 0.475 e. The average molecular weight is 413 g/mol. The number of piperazine rings is 1. The van der Waals surface area contributed by atoms with Crippen molar-refractivity contribution >= 4 is 23.5 Å². The van der Waals surface area contributed by atoms with Crippen molar-refractivity contribution in [1.82, 2.24) is 9.80 Å². The molecule has 1 aliphatic carbocycles. The number of fused-ring (bicyclic) bond motifs is 2. The van der Waals surface area contributed by atoms with E-state index in [2.05, 4.69) is 11.9 Å². The topological polar surface area (TPSA) is 81.2 Å². The van der Waals surface area contributed by atoms with Gasteiger partial charge in [0.05, 0.1) is 11.3 Å². The number of carbonyl (C=O) groups excluding carboxylic acids is 2. The van der Waals surface area contributed by atoms with Gasteiger partial charge in [0.15, 0.2) is 0 Å². The quantitative estimate of drug-likeness (QED) is 0.751. The van der Waals surface area contributed by atoms with Crippen molar-refractivity contribution in [3.63, 3.8) is 0 Å². The van der Waals surface area contributed by atoms with Gasteiger partial charge in [0.25, 0.3) is 0 Å². The van der Waals surface area contributed by atoms with Crippen molar-refractivity contribution in [2.45, 2.75) is 18.0 Å². The number of carbonyl (C=O) groups is 3. The number of amides is 2. The van der Waals surface area contributed by atoms with E-state index in [1.807, 2.05) is 36.2 Å². The van der Waals surface area contributed by atoms with E-state index in [4.69, 9.17) is 9.90 Å². The summed E-state index contributed by atoms with van der Waals surface area (Å²) in [6, 6.07) is 7.88. The molecule has 10 heteroatoms. The Labute approximate surface area is 165 Å². The normalized spacial score (nSPS) is 26.1. The highest BCUT2D eigenvalue weighted by Gasteiger charge is 2.69. The van der Waals surface area contributed by atoms with Gasteiger partial charge in [-0.2, -0.15) is 13.2 Å². The summed E-state index contributed by atoms with van der Waals surface area (Å²) in [5.41, 5.74) is 1.42. The summed E-state index contributed by atoms with van der Waals surface area (Å²) >= 11 is 0. The van der Waals surface area contributed by atoms with Crippen LogP contribution in [0, 0.1) is 5.92 Å². The van der Waals surface area contributed by atoms with Crippen molar-refractivity contribution in [2.75, 3.05) is 45.2 Å². The predicted octanol–water partition coefficient (Wildman–Crippen LogP) is 1.33. The van der Waals surface area contributed by atoms with Gasteiger partial charge in [0.1, 0.15) is 0 Å². The highest BCUT2D eigenvalue weighted by Crippen LogP contribution is 2.61. The summed E-state index contributed by atoms with van der Waals surface area (Å²) in [6.07, 6.45) is -4.42. The van der Waals surface area contributed by atoms with Gasteiger partial charge in [-0.25, -0.2) is 4.79 Å². The molecule has 1 N–H and O–H groups in total. The van der Waals surface area contributed by atoms with Gasteiger partial charge < -0.3 is 19.8 Å². The Balaban J connectivity index is 0.000000298. The number of anilines is 1. The number of likely N-dealkylation sites (N-methyl/N-ethyl adjacent to an activating group) is 2. The molecule has 2 heterocycles. The third-order valence-corrected chi connectivity index (χ3v) is 5.75. The van der Waals surface area contributed by atoms with Crippen LogP contribution in [-0.2, 0) is 19.8 Å². The number of hydrogen-bond acceptors (Lipinski definition) is 4. The molecule has 2 fully saturated rings. The molecule has 0 bridgehead atoms. The Morgan fingerprint density at radius 3 is 2.21 bits per heavy atom. The first kappa shape index (κ1) is 21.1. The fraction of sp³-hybridized carbons (Fsp3) is 0.526. The first-order chi connectivity index (χ1) is 13.5. The standard InChI is InChI=1S/C17H21N3O2.C2HF3O2/c1-18-7-9-20(10-8-18)15(21)13-11-17(13)12-5-3-4-6-14(12)19(2)16(17)22;3-2(4,5)1(6)7/h3-6,13H,7-11H2,1-2H3;(H,6,7). The zero-order valence-electron chi connectivity index (χ0n) is 16.1. The van der Waals surface area contributed by atoms with E-state index in [9.17, 15) is 22.8 Å². The van der Waals surface area contributed by atoms with Crippen LogP contribution < -0.4 is 4.90 Å². The summed E-state index contributed by atoms with van der Waals surface area (Å²) in [5.74, 6) is -2.69. The van der Waals surface area contributed by atoms with Gasteiger partial charge in [-0.15, -0.1) is 0 Å². The molecule has 2 atom stereocenters. The number of rotatable bonds is 1. The molecular formula is C19H22F3N3O4. The second-order valence-electron chi connectivity index (χ2n) is 7.54. The van der Waals surface area contributed by atoms with E-state index in [1.165, 1.54) is 0 Å². The van der Waals surface area contributed by atoms with Gasteiger partial charge in [-0.1, -0.05) is 18.2 Å². The largest absolute Gasteiger partial charge is 0.490 e. The van der Waals surface area contributed by atoms with Crippen LogP contribution in [0.15, 0.2) is 24.3 Å². The van der Waals surface area contributed by atoms with Crippen LogP contribution in [0.1, 0.15) is 12.0 Å². The predicted molar refractivity (Wildman–Crippen MR) is 97.4 cm³/mol. The van der Waals surface area contributed by atoms with E-state index in [1.54, 1.807) is 4.90 Å². The Hall–Kier alpha value is -2.62. The van der Waals surface area contributed by atoms with Gasteiger partial charge in [-0.3, -0.25) is 9.59 Å². The van der Waals surface area contributed by atoms with Gasteiger partial charge in [0, 0.05) is 38.9 Å². The third kappa shape index (κ3) is 3.68. The van der Waals surface area contributed by atoms with Gasteiger partial charge in [-0.05, 0) is 25.1 Å². The molecule has 0 radical (unpaired) electrons. The molecule has 1 spiro atoms. The molecule has 0 aromatic heterocycles.